The number of fused-ring (bicyclic) bond motifs is 3. The number of furan rings is 1. The molecule has 0 fully saturated rings. The van der Waals surface area contributed by atoms with Crippen molar-refractivity contribution in [3.8, 4) is 0 Å². The predicted octanol–water partition coefficient (Wildman–Crippen LogP) is 4.11. The molecule has 0 aliphatic heterocycles. The molecule has 1 nitrogen and oxygen atoms in total. The molecule has 1 aliphatic carbocycles. The van der Waals surface area contributed by atoms with Crippen molar-refractivity contribution in [3.05, 3.63) is 47.7 Å². The summed E-state index contributed by atoms with van der Waals surface area (Å²) >= 11 is 0. The van der Waals surface area contributed by atoms with Gasteiger partial charge in [-0.25, -0.2) is 0 Å². The van der Waals surface area contributed by atoms with Crippen molar-refractivity contribution in [2.24, 2.45) is 5.92 Å². The van der Waals surface area contributed by atoms with Crippen LogP contribution in [0.1, 0.15) is 18.2 Å². The van der Waals surface area contributed by atoms with Crippen LogP contribution >= 0.6 is 0 Å². The van der Waals surface area contributed by atoms with Gasteiger partial charge in [-0.1, -0.05) is 43.4 Å². The highest BCUT2D eigenvalue weighted by molar-refractivity contribution is 5.91. The van der Waals surface area contributed by atoms with E-state index < -0.39 is 0 Å². The van der Waals surface area contributed by atoms with Crippen LogP contribution in [0.4, 0.5) is 0 Å². The first kappa shape index (κ1) is 8.54. The monoisotopic (exact) mass is 196 g/mol. The fraction of sp³-hybridized carbons (Fsp3) is 0.143. The summed E-state index contributed by atoms with van der Waals surface area (Å²) in [7, 11) is 0. The Balaban J connectivity index is 2.33. The van der Waals surface area contributed by atoms with Crippen molar-refractivity contribution in [2.75, 3.05) is 0 Å². The largest absolute Gasteiger partial charge is 0.456 e. The molecule has 1 atom stereocenters. The first-order chi connectivity index (χ1) is 7.34. The number of rotatable bonds is 0. The Morgan fingerprint density at radius 1 is 1.07 bits per heavy atom. The predicted molar refractivity (Wildman–Crippen MR) is 63.4 cm³/mol. The number of para-hydroxylation sites is 1. The SMILES string of the molecule is CC1C=Cc2oc3ccccc3c2C=C1. The topological polar surface area (TPSA) is 13.1 Å². The van der Waals surface area contributed by atoms with E-state index in [0.29, 0.717) is 5.92 Å². The van der Waals surface area contributed by atoms with Crippen molar-refractivity contribution in [1.29, 1.82) is 0 Å². The van der Waals surface area contributed by atoms with Gasteiger partial charge in [-0.3, -0.25) is 0 Å². The lowest BCUT2D eigenvalue weighted by atomic mass is 10.1. The molecular weight excluding hydrogens is 184 g/mol. The summed E-state index contributed by atoms with van der Waals surface area (Å²) in [5.74, 6) is 1.45. The summed E-state index contributed by atoms with van der Waals surface area (Å²) in [6.45, 7) is 2.17. The first-order valence-corrected chi connectivity index (χ1v) is 5.22. The maximum atomic E-state index is 5.78. The van der Waals surface area contributed by atoms with Crippen LogP contribution in [0.15, 0.2) is 40.8 Å². The Hall–Kier alpha value is -1.76. The summed E-state index contributed by atoms with van der Waals surface area (Å²) < 4.78 is 5.78. The van der Waals surface area contributed by atoms with E-state index in [1.54, 1.807) is 0 Å². The van der Waals surface area contributed by atoms with Gasteiger partial charge in [0.25, 0.3) is 0 Å². The second kappa shape index (κ2) is 3.13. The second-order valence-corrected chi connectivity index (χ2v) is 3.95. The third-order valence-corrected chi connectivity index (χ3v) is 2.78. The average Bonchev–Trinajstić information content (AvgIpc) is 2.51. The lowest BCUT2D eigenvalue weighted by molar-refractivity contribution is 0.603. The molecule has 0 saturated carbocycles. The van der Waals surface area contributed by atoms with Crippen molar-refractivity contribution < 1.29 is 4.42 Å². The van der Waals surface area contributed by atoms with E-state index in [1.807, 2.05) is 18.2 Å². The summed E-state index contributed by atoms with van der Waals surface area (Å²) in [4.78, 5) is 0. The zero-order chi connectivity index (χ0) is 10.3. The highest BCUT2D eigenvalue weighted by Crippen LogP contribution is 2.30. The van der Waals surface area contributed by atoms with Crippen LogP contribution in [0.25, 0.3) is 23.1 Å². The van der Waals surface area contributed by atoms with Crippen molar-refractivity contribution >= 4 is 23.1 Å². The summed E-state index contributed by atoms with van der Waals surface area (Å²) in [5, 5.41) is 1.20. The lowest BCUT2D eigenvalue weighted by Gasteiger charge is -1.92. The molecule has 1 unspecified atom stereocenters. The van der Waals surface area contributed by atoms with Gasteiger partial charge in [-0.2, -0.15) is 0 Å². The zero-order valence-corrected chi connectivity index (χ0v) is 8.60. The van der Waals surface area contributed by atoms with Crippen LogP contribution in [-0.4, -0.2) is 0 Å². The zero-order valence-electron chi connectivity index (χ0n) is 8.60. The number of hydrogen-bond acceptors (Lipinski definition) is 1. The van der Waals surface area contributed by atoms with Gasteiger partial charge in [0.15, 0.2) is 0 Å². The smallest absolute Gasteiger partial charge is 0.135 e. The number of hydrogen-bond donors (Lipinski definition) is 0. The Bertz CT molecular complexity index is 558. The van der Waals surface area contributed by atoms with Gasteiger partial charge in [0.1, 0.15) is 11.3 Å². The fourth-order valence-corrected chi connectivity index (χ4v) is 1.93. The van der Waals surface area contributed by atoms with Crippen LogP contribution in [0.5, 0.6) is 0 Å². The minimum atomic E-state index is 0.478. The summed E-state index contributed by atoms with van der Waals surface area (Å²) in [5.41, 5.74) is 2.16. The van der Waals surface area contributed by atoms with Gasteiger partial charge in [-0.15, -0.1) is 0 Å². The standard InChI is InChI=1S/C14H12O/c1-10-6-8-12-11-4-2-3-5-13(11)15-14(12)9-7-10/h2-10H,1H3. The minimum absolute atomic E-state index is 0.478. The van der Waals surface area contributed by atoms with Crippen LogP contribution in [0, 0.1) is 5.92 Å². The van der Waals surface area contributed by atoms with Crippen molar-refractivity contribution in [1.82, 2.24) is 0 Å². The van der Waals surface area contributed by atoms with Gasteiger partial charge >= 0.3 is 0 Å². The van der Waals surface area contributed by atoms with Gasteiger partial charge in [-0.05, 0) is 18.1 Å². The molecule has 1 heteroatoms. The highest BCUT2D eigenvalue weighted by atomic mass is 16.3. The molecule has 0 spiro atoms. The Morgan fingerprint density at radius 3 is 2.80 bits per heavy atom. The van der Waals surface area contributed by atoms with E-state index in [2.05, 4.69) is 37.3 Å². The van der Waals surface area contributed by atoms with Crippen molar-refractivity contribution in [3.63, 3.8) is 0 Å². The molecule has 74 valence electrons. The molecular formula is C14H12O. The van der Waals surface area contributed by atoms with E-state index in [4.69, 9.17) is 4.42 Å². The maximum Gasteiger partial charge on any atom is 0.135 e. The third-order valence-electron chi connectivity index (χ3n) is 2.78. The number of benzene rings is 1. The summed E-state index contributed by atoms with van der Waals surface area (Å²) in [6, 6.07) is 8.16. The molecule has 1 aliphatic rings. The Kier molecular flexibility index (Phi) is 1.78. The molecule has 1 aromatic heterocycles. The van der Waals surface area contributed by atoms with Crippen molar-refractivity contribution in [2.45, 2.75) is 6.92 Å². The quantitative estimate of drug-likeness (QED) is 0.618. The Labute approximate surface area is 88.7 Å². The number of allylic oxidation sites excluding steroid dienone is 2. The van der Waals surface area contributed by atoms with Gasteiger partial charge < -0.3 is 4.42 Å². The minimum Gasteiger partial charge on any atom is -0.456 e. The average molecular weight is 196 g/mol. The van der Waals surface area contributed by atoms with Gasteiger partial charge in [0, 0.05) is 10.9 Å². The molecule has 0 N–H and O–H groups in total. The van der Waals surface area contributed by atoms with E-state index >= 15 is 0 Å². The fourth-order valence-electron chi connectivity index (χ4n) is 1.93. The van der Waals surface area contributed by atoms with Crippen LogP contribution < -0.4 is 0 Å². The summed E-state index contributed by atoms with van der Waals surface area (Å²) in [6.07, 6.45) is 8.58. The van der Waals surface area contributed by atoms with E-state index in [1.165, 1.54) is 10.9 Å². The normalized spacial score (nSPS) is 19.1. The highest BCUT2D eigenvalue weighted by Gasteiger charge is 2.11. The van der Waals surface area contributed by atoms with Gasteiger partial charge in [0.05, 0.1) is 0 Å². The second-order valence-electron chi connectivity index (χ2n) is 3.95. The molecule has 0 bridgehead atoms. The van der Waals surface area contributed by atoms with E-state index in [-0.39, 0.29) is 0 Å². The maximum absolute atomic E-state index is 5.78. The van der Waals surface area contributed by atoms with Crippen LogP contribution in [0.2, 0.25) is 0 Å². The van der Waals surface area contributed by atoms with Crippen LogP contribution in [-0.2, 0) is 0 Å². The molecule has 0 radical (unpaired) electrons. The molecule has 0 amide bonds. The molecule has 1 heterocycles. The Morgan fingerprint density at radius 2 is 1.87 bits per heavy atom. The molecule has 3 rings (SSSR count). The van der Waals surface area contributed by atoms with Gasteiger partial charge in [0.2, 0.25) is 0 Å². The molecule has 15 heavy (non-hydrogen) atoms. The molecule has 0 saturated heterocycles. The third kappa shape index (κ3) is 1.32. The molecule has 1 aromatic carbocycles. The van der Waals surface area contributed by atoms with Crippen LogP contribution in [0.3, 0.4) is 0 Å². The molecule has 2 aromatic rings. The lowest BCUT2D eigenvalue weighted by Crippen LogP contribution is -1.77. The first-order valence-electron chi connectivity index (χ1n) is 5.22. The van der Waals surface area contributed by atoms with E-state index in [9.17, 15) is 0 Å². The van der Waals surface area contributed by atoms with E-state index in [0.717, 1.165) is 11.3 Å².